The highest BCUT2D eigenvalue weighted by Gasteiger charge is 2.37. The van der Waals surface area contributed by atoms with Crippen LogP contribution in [0.3, 0.4) is 0 Å². The maximum Gasteiger partial charge on any atom is 0.00684 e. The van der Waals surface area contributed by atoms with Crippen molar-refractivity contribution in [2.75, 3.05) is 19.6 Å². The third kappa shape index (κ3) is 3.69. The molecule has 0 bridgehead atoms. The van der Waals surface area contributed by atoms with Gasteiger partial charge in [-0.05, 0) is 51.5 Å². The van der Waals surface area contributed by atoms with Gasteiger partial charge in [-0.25, -0.2) is 0 Å². The quantitative estimate of drug-likeness (QED) is 0.733. The summed E-state index contributed by atoms with van der Waals surface area (Å²) in [5.41, 5.74) is 0.586. The smallest absolute Gasteiger partial charge is 0.00684 e. The second-order valence-electron chi connectivity index (χ2n) is 6.52. The molecule has 2 fully saturated rings. The molecule has 0 saturated heterocycles. The Kier molecular flexibility index (Phi) is 4.48. The van der Waals surface area contributed by atoms with Gasteiger partial charge in [-0.3, -0.25) is 0 Å². The molecule has 2 saturated carbocycles. The Balaban J connectivity index is 1.89. The second kappa shape index (κ2) is 5.71. The maximum atomic E-state index is 3.78. The highest BCUT2D eigenvalue weighted by atomic mass is 15.2. The first-order valence-corrected chi connectivity index (χ1v) is 7.63. The van der Waals surface area contributed by atoms with E-state index < -0.39 is 0 Å². The molecule has 0 radical (unpaired) electrons. The lowest BCUT2D eigenvalue weighted by Gasteiger charge is -2.37. The van der Waals surface area contributed by atoms with Crippen molar-refractivity contribution in [2.45, 2.75) is 71.4 Å². The number of nitrogens with one attached hydrogen (secondary N) is 1. The monoisotopic (exact) mass is 238 g/mol. The van der Waals surface area contributed by atoms with E-state index in [0.29, 0.717) is 11.5 Å². The molecule has 0 aromatic rings. The van der Waals surface area contributed by atoms with Gasteiger partial charge in [-0.2, -0.15) is 0 Å². The van der Waals surface area contributed by atoms with Crippen LogP contribution in [-0.4, -0.2) is 36.6 Å². The molecule has 2 nitrogen and oxygen atoms in total. The largest absolute Gasteiger partial charge is 0.313 e. The first-order valence-electron chi connectivity index (χ1n) is 7.63. The molecule has 0 aromatic carbocycles. The molecule has 0 spiro atoms. The van der Waals surface area contributed by atoms with Crippen LogP contribution < -0.4 is 5.32 Å². The molecule has 2 heteroatoms. The summed E-state index contributed by atoms with van der Waals surface area (Å²) in [6.07, 6.45) is 8.60. The van der Waals surface area contributed by atoms with Crippen molar-refractivity contribution in [1.82, 2.24) is 10.2 Å². The van der Waals surface area contributed by atoms with Crippen molar-refractivity contribution in [3.05, 3.63) is 0 Å². The Hall–Kier alpha value is -0.0800. The van der Waals surface area contributed by atoms with Crippen molar-refractivity contribution in [1.29, 1.82) is 0 Å². The van der Waals surface area contributed by atoms with Gasteiger partial charge in [0, 0.05) is 25.2 Å². The second-order valence-corrected chi connectivity index (χ2v) is 6.52. The van der Waals surface area contributed by atoms with Crippen molar-refractivity contribution >= 4 is 0 Å². The third-order valence-electron chi connectivity index (χ3n) is 4.68. The van der Waals surface area contributed by atoms with Crippen molar-refractivity contribution in [3.63, 3.8) is 0 Å². The molecule has 100 valence electrons. The van der Waals surface area contributed by atoms with Crippen LogP contribution in [0.15, 0.2) is 0 Å². The highest BCUT2D eigenvalue weighted by molar-refractivity contribution is 4.92. The van der Waals surface area contributed by atoms with Gasteiger partial charge in [0.25, 0.3) is 0 Å². The molecular formula is C15H30N2. The van der Waals surface area contributed by atoms with Crippen LogP contribution >= 0.6 is 0 Å². The minimum Gasteiger partial charge on any atom is -0.313 e. The number of rotatable bonds is 7. The maximum absolute atomic E-state index is 3.78. The molecule has 0 unspecified atom stereocenters. The van der Waals surface area contributed by atoms with Crippen molar-refractivity contribution in [3.8, 4) is 0 Å². The van der Waals surface area contributed by atoms with Crippen LogP contribution in [0.1, 0.15) is 59.3 Å². The van der Waals surface area contributed by atoms with Gasteiger partial charge in [-0.1, -0.05) is 19.8 Å². The fraction of sp³-hybridized carbons (Fsp3) is 1.00. The molecule has 0 atom stereocenters. The lowest BCUT2D eigenvalue weighted by molar-refractivity contribution is 0.127. The molecule has 0 aromatic heterocycles. The van der Waals surface area contributed by atoms with E-state index in [1.807, 2.05) is 0 Å². The fourth-order valence-electron chi connectivity index (χ4n) is 3.25. The van der Waals surface area contributed by atoms with E-state index in [1.165, 1.54) is 58.2 Å². The normalized spacial score (nSPS) is 23.8. The average molecular weight is 238 g/mol. The zero-order valence-electron chi connectivity index (χ0n) is 12.0. The summed E-state index contributed by atoms with van der Waals surface area (Å²) in [6, 6.07) is 1.56. The molecule has 0 amide bonds. The zero-order valence-corrected chi connectivity index (χ0v) is 12.0. The summed E-state index contributed by atoms with van der Waals surface area (Å²) >= 11 is 0. The van der Waals surface area contributed by atoms with Gasteiger partial charge in [0.2, 0.25) is 0 Å². The molecule has 1 N–H and O–H groups in total. The van der Waals surface area contributed by atoms with E-state index in [4.69, 9.17) is 0 Å². The van der Waals surface area contributed by atoms with Crippen LogP contribution in [-0.2, 0) is 0 Å². The number of hydrogen-bond donors (Lipinski definition) is 1. The van der Waals surface area contributed by atoms with Gasteiger partial charge >= 0.3 is 0 Å². The Morgan fingerprint density at radius 3 is 2.35 bits per heavy atom. The molecule has 2 aliphatic carbocycles. The topological polar surface area (TPSA) is 15.3 Å². The van der Waals surface area contributed by atoms with Crippen LogP contribution in [0.25, 0.3) is 0 Å². The summed E-state index contributed by atoms with van der Waals surface area (Å²) < 4.78 is 0. The molecule has 0 heterocycles. The fourth-order valence-corrected chi connectivity index (χ4v) is 3.25. The predicted molar refractivity (Wildman–Crippen MR) is 74.3 cm³/mol. The molecule has 17 heavy (non-hydrogen) atoms. The summed E-state index contributed by atoms with van der Waals surface area (Å²) in [6.45, 7) is 10.7. The summed E-state index contributed by atoms with van der Waals surface area (Å²) in [4.78, 5) is 2.65. The minimum atomic E-state index is 0.586. The molecule has 0 aliphatic heterocycles. The average Bonchev–Trinajstić information content (AvgIpc) is 3.03. The number of hydrogen-bond acceptors (Lipinski definition) is 2. The summed E-state index contributed by atoms with van der Waals surface area (Å²) in [5, 5.41) is 3.78. The van der Waals surface area contributed by atoms with Crippen LogP contribution in [0.5, 0.6) is 0 Å². The SMILES string of the molecule is CCN(CC1(CNC2CC2)CCCC1)C(C)C. The van der Waals surface area contributed by atoms with Gasteiger partial charge in [0.05, 0.1) is 0 Å². The van der Waals surface area contributed by atoms with E-state index in [9.17, 15) is 0 Å². The Morgan fingerprint density at radius 1 is 1.24 bits per heavy atom. The standard InChI is InChI=1S/C15H30N2/c1-4-17(13(2)3)12-15(9-5-6-10-15)11-16-14-7-8-14/h13-14,16H,4-12H2,1-3H3. The summed E-state index contributed by atoms with van der Waals surface area (Å²) in [5.74, 6) is 0. The number of nitrogens with zero attached hydrogens (tertiary/aromatic N) is 1. The highest BCUT2D eigenvalue weighted by Crippen LogP contribution is 2.39. The third-order valence-corrected chi connectivity index (χ3v) is 4.68. The molecule has 2 aliphatic rings. The van der Waals surface area contributed by atoms with Crippen LogP contribution in [0, 0.1) is 5.41 Å². The first-order chi connectivity index (χ1) is 8.15. The lowest BCUT2D eigenvalue weighted by Crippen LogP contribution is -2.45. The Labute approximate surface area is 107 Å². The molecular weight excluding hydrogens is 208 g/mol. The Bertz CT molecular complexity index is 227. The van der Waals surface area contributed by atoms with E-state index in [2.05, 4.69) is 31.0 Å². The minimum absolute atomic E-state index is 0.586. The zero-order chi connectivity index (χ0) is 12.3. The lowest BCUT2D eigenvalue weighted by atomic mass is 9.85. The van der Waals surface area contributed by atoms with Crippen LogP contribution in [0.4, 0.5) is 0 Å². The predicted octanol–water partition coefficient (Wildman–Crippen LogP) is 3.03. The molecule has 2 rings (SSSR count). The van der Waals surface area contributed by atoms with E-state index in [0.717, 1.165) is 6.04 Å². The van der Waals surface area contributed by atoms with E-state index in [-0.39, 0.29) is 0 Å². The van der Waals surface area contributed by atoms with E-state index >= 15 is 0 Å². The van der Waals surface area contributed by atoms with Gasteiger partial charge in [0.15, 0.2) is 0 Å². The van der Waals surface area contributed by atoms with E-state index in [1.54, 1.807) is 0 Å². The van der Waals surface area contributed by atoms with Crippen molar-refractivity contribution in [2.24, 2.45) is 5.41 Å². The summed E-state index contributed by atoms with van der Waals surface area (Å²) in [7, 11) is 0. The Morgan fingerprint density at radius 2 is 1.88 bits per heavy atom. The van der Waals surface area contributed by atoms with Gasteiger partial charge < -0.3 is 10.2 Å². The first kappa shape index (κ1) is 13.4. The van der Waals surface area contributed by atoms with Crippen molar-refractivity contribution < 1.29 is 0 Å². The van der Waals surface area contributed by atoms with Crippen LogP contribution in [0.2, 0.25) is 0 Å². The van der Waals surface area contributed by atoms with Gasteiger partial charge in [-0.15, -0.1) is 0 Å². The van der Waals surface area contributed by atoms with Gasteiger partial charge in [0.1, 0.15) is 0 Å².